The minimum Gasteiger partial charge on any atom is -0.479 e. The summed E-state index contributed by atoms with van der Waals surface area (Å²) in [6.07, 6.45) is -4.86. The number of carboxylic acids is 1. The molecule has 5 nitrogen and oxygen atoms in total. The molecule has 0 saturated heterocycles. The van der Waals surface area contributed by atoms with Gasteiger partial charge in [0.05, 0.1) is 12.1 Å². The molecular formula is C10H11F3N2O3. The molecule has 0 aliphatic rings. The maximum absolute atomic E-state index is 12.2. The largest absolute Gasteiger partial charge is 0.479 e. The number of methoxy groups -OCH3 is 1. The van der Waals surface area contributed by atoms with E-state index >= 15 is 0 Å². The summed E-state index contributed by atoms with van der Waals surface area (Å²) in [5.74, 6) is -1.02. The van der Waals surface area contributed by atoms with E-state index in [9.17, 15) is 18.0 Å². The number of hydrogen-bond donors (Lipinski definition) is 2. The van der Waals surface area contributed by atoms with E-state index in [0.29, 0.717) is 6.20 Å². The van der Waals surface area contributed by atoms with Crippen LogP contribution >= 0.6 is 0 Å². The fourth-order valence-electron chi connectivity index (χ4n) is 1.13. The molecule has 0 radical (unpaired) electrons. The predicted octanol–water partition coefficient (Wildman–Crippen LogP) is 1.61. The molecule has 1 aromatic heterocycles. The fraction of sp³-hybridized carbons (Fsp3) is 0.400. The van der Waals surface area contributed by atoms with Crippen LogP contribution in [0, 0.1) is 0 Å². The summed E-state index contributed by atoms with van der Waals surface area (Å²) in [6, 6.07) is 1.98. The van der Waals surface area contributed by atoms with Crippen molar-refractivity contribution in [1.29, 1.82) is 0 Å². The molecule has 0 fully saturated rings. The first-order chi connectivity index (χ1) is 8.34. The van der Waals surface area contributed by atoms with Gasteiger partial charge in [-0.15, -0.1) is 0 Å². The van der Waals surface area contributed by atoms with Crippen LogP contribution in [0.5, 0.6) is 0 Å². The van der Waals surface area contributed by atoms with Gasteiger partial charge in [-0.05, 0) is 12.1 Å². The lowest BCUT2D eigenvalue weighted by Gasteiger charge is -2.12. The quantitative estimate of drug-likeness (QED) is 0.845. The number of aliphatic carboxylic acids is 1. The summed E-state index contributed by atoms with van der Waals surface area (Å²) >= 11 is 0. The van der Waals surface area contributed by atoms with Crippen molar-refractivity contribution in [2.24, 2.45) is 0 Å². The fourth-order valence-corrected chi connectivity index (χ4v) is 1.13. The number of nitrogens with one attached hydrogen (secondary N) is 1. The Morgan fingerprint density at radius 2 is 2.22 bits per heavy atom. The zero-order valence-electron chi connectivity index (χ0n) is 9.36. The second-order valence-electron chi connectivity index (χ2n) is 3.37. The lowest BCUT2D eigenvalue weighted by atomic mass is 10.2. The molecule has 0 bridgehead atoms. The Morgan fingerprint density at radius 1 is 1.56 bits per heavy atom. The number of hydrogen-bond acceptors (Lipinski definition) is 4. The van der Waals surface area contributed by atoms with E-state index in [2.05, 4.69) is 15.0 Å². The van der Waals surface area contributed by atoms with Crippen LogP contribution in [0.2, 0.25) is 0 Å². The third-order valence-electron chi connectivity index (χ3n) is 2.12. The Bertz CT molecular complexity index is 406. The molecule has 100 valence electrons. The molecule has 1 heterocycles. The number of nitrogens with zero attached hydrogens (tertiary/aromatic N) is 1. The summed E-state index contributed by atoms with van der Waals surface area (Å²) in [5, 5.41) is 11.2. The summed E-state index contributed by atoms with van der Waals surface area (Å²) in [6.45, 7) is -0.0931. The molecule has 0 spiro atoms. The van der Waals surface area contributed by atoms with E-state index < -0.39 is 23.8 Å². The Morgan fingerprint density at radius 3 is 2.61 bits per heavy atom. The van der Waals surface area contributed by atoms with Crippen molar-refractivity contribution in [3.8, 4) is 0 Å². The Balaban J connectivity index is 2.62. The van der Waals surface area contributed by atoms with Crippen molar-refractivity contribution >= 4 is 11.8 Å². The van der Waals surface area contributed by atoms with Crippen LogP contribution in [0.3, 0.4) is 0 Å². The normalized spacial score (nSPS) is 13.1. The maximum atomic E-state index is 12.2. The van der Waals surface area contributed by atoms with E-state index in [-0.39, 0.29) is 12.4 Å². The molecular weight excluding hydrogens is 253 g/mol. The third kappa shape index (κ3) is 3.88. The number of ether oxygens (including phenoxy) is 1. The van der Waals surface area contributed by atoms with E-state index in [1.807, 2.05) is 0 Å². The molecule has 1 rings (SSSR count). The molecule has 0 saturated carbocycles. The molecule has 1 unspecified atom stereocenters. The van der Waals surface area contributed by atoms with Gasteiger partial charge in [0.15, 0.2) is 6.10 Å². The zero-order chi connectivity index (χ0) is 13.8. The van der Waals surface area contributed by atoms with Crippen molar-refractivity contribution in [2.45, 2.75) is 12.3 Å². The highest BCUT2D eigenvalue weighted by Crippen LogP contribution is 2.28. The molecule has 0 aliphatic carbocycles. The van der Waals surface area contributed by atoms with Gasteiger partial charge in [-0.2, -0.15) is 13.2 Å². The smallest absolute Gasteiger partial charge is 0.417 e. The summed E-state index contributed by atoms with van der Waals surface area (Å²) < 4.78 is 41.3. The second-order valence-corrected chi connectivity index (χ2v) is 3.37. The molecule has 2 N–H and O–H groups in total. The zero-order valence-corrected chi connectivity index (χ0v) is 9.36. The van der Waals surface area contributed by atoms with E-state index in [1.54, 1.807) is 0 Å². The lowest BCUT2D eigenvalue weighted by molar-refractivity contribution is -0.147. The first-order valence-electron chi connectivity index (χ1n) is 4.87. The number of carbonyl (C=O) groups is 1. The van der Waals surface area contributed by atoms with Gasteiger partial charge in [0.1, 0.15) is 5.82 Å². The van der Waals surface area contributed by atoms with Crippen LogP contribution in [0.15, 0.2) is 18.3 Å². The number of rotatable bonds is 5. The van der Waals surface area contributed by atoms with Crippen LogP contribution < -0.4 is 5.32 Å². The highest BCUT2D eigenvalue weighted by Gasteiger charge is 2.30. The van der Waals surface area contributed by atoms with E-state index in [1.165, 1.54) is 7.11 Å². The lowest BCUT2D eigenvalue weighted by Crippen LogP contribution is -2.30. The van der Waals surface area contributed by atoms with Gasteiger partial charge < -0.3 is 15.2 Å². The molecule has 0 aliphatic heterocycles. The van der Waals surface area contributed by atoms with Crippen molar-refractivity contribution < 1.29 is 27.8 Å². The highest BCUT2D eigenvalue weighted by atomic mass is 19.4. The summed E-state index contributed by atoms with van der Waals surface area (Å²) in [5.41, 5.74) is -0.866. The molecule has 0 aromatic carbocycles. The van der Waals surface area contributed by atoms with Gasteiger partial charge in [0.25, 0.3) is 0 Å². The predicted molar refractivity (Wildman–Crippen MR) is 56.2 cm³/mol. The van der Waals surface area contributed by atoms with Crippen LogP contribution in [0.25, 0.3) is 0 Å². The number of anilines is 1. The first-order valence-corrected chi connectivity index (χ1v) is 4.87. The minimum absolute atomic E-state index is 0.0931. The van der Waals surface area contributed by atoms with Gasteiger partial charge in [-0.3, -0.25) is 0 Å². The number of aromatic nitrogens is 1. The van der Waals surface area contributed by atoms with Gasteiger partial charge in [0, 0.05) is 13.3 Å². The van der Waals surface area contributed by atoms with Gasteiger partial charge >= 0.3 is 12.1 Å². The molecule has 1 aromatic rings. The summed E-state index contributed by atoms with van der Waals surface area (Å²) in [4.78, 5) is 14.1. The number of carboxylic acid groups (broad SMARTS) is 1. The molecule has 1 atom stereocenters. The van der Waals surface area contributed by atoms with Crippen molar-refractivity contribution in [3.63, 3.8) is 0 Å². The Hall–Kier alpha value is -1.83. The number of halogens is 3. The van der Waals surface area contributed by atoms with Gasteiger partial charge in [-0.1, -0.05) is 0 Å². The summed E-state index contributed by atoms with van der Waals surface area (Å²) in [7, 11) is 1.22. The minimum atomic E-state index is -4.44. The van der Waals surface area contributed by atoms with Crippen molar-refractivity contribution in [3.05, 3.63) is 23.9 Å². The monoisotopic (exact) mass is 264 g/mol. The molecule has 8 heteroatoms. The van der Waals surface area contributed by atoms with Gasteiger partial charge in [0.2, 0.25) is 0 Å². The maximum Gasteiger partial charge on any atom is 0.417 e. The van der Waals surface area contributed by atoms with Crippen molar-refractivity contribution in [2.75, 3.05) is 19.0 Å². The van der Waals surface area contributed by atoms with Crippen LogP contribution in [-0.2, 0) is 15.7 Å². The van der Waals surface area contributed by atoms with E-state index in [4.69, 9.17) is 5.11 Å². The van der Waals surface area contributed by atoms with Crippen molar-refractivity contribution in [1.82, 2.24) is 4.98 Å². The average molecular weight is 264 g/mol. The van der Waals surface area contributed by atoms with E-state index in [0.717, 1.165) is 12.1 Å². The topological polar surface area (TPSA) is 71.5 Å². The average Bonchev–Trinajstić information content (AvgIpc) is 2.29. The highest BCUT2D eigenvalue weighted by molar-refractivity contribution is 5.73. The van der Waals surface area contributed by atoms with Crippen LogP contribution in [0.4, 0.5) is 19.0 Å². The molecule has 18 heavy (non-hydrogen) atoms. The van der Waals surface area contributed by atoms with Crippen LogP contribution in [0.1, 0.15) is 5.56 Å². The van der Waals surface area contributed by atoms with Gasteiger partial charge in [-0.25, -0.2) is 9.78 Å². The standard InChI is InChI=1S/C10H11F3N2O3/c1-18-7(9(16)17)5-15-8-3-2-6(4-14-8)10(11,12)13/h2-4,7H,5H2,1H3,(H,14,15)(H,16,17). The SMILES string of the molecule is COC(CNc1ccc(C(F)(F)F)cn1)C(=O)O. The molecule has 0 amide bonds. The number of pyridine rings is 1. The second kappa shape index (κ2) is 5.67. The first kappa shape index (κ1) is 14.2. The Labute approximate surface area is 101 Å². The Kier molecular flexibility index (Phi) is 4.49. The number of alkyl halides is 3. The third-order valence-corrected chi connectivity index (χ3v) is 2.12. The van der Waals surface area contributed by atoms with Crippen LogP contribution in [-0.4, -0.2) is 35.8 Å².